The molecule has 0 aromatic carbocycles. The van der Waals surface area contributed by atoms with Crippen LogP contribution in [0.1, 0.15) is 65.2 Å². The monoisotopic (exact) mass is 277 g/mol. The molecule has 1 heterocycles. The first-order chi connectivity index (χ1) is 9.52. The maximum atomic E-state index is 13.0. The van der Waals surface area contributed by atoms with E-state index in [9.17, 15) is 4.79 Å². The van der Waals surface area contributed by atoms with Crippen molar-refractivity contribution in [2.24, 2.45) is 16.7 Å². The Hall–Kier alpha value is -0.570. The minimum Gasteiger partial charge on any atom is -0.364 e. The van der Waals surface area contributed by atoms with E-state index in [0.29, 0.717) is 12.0 Å². The van der Waals surface area contributed by atoms with Crippen molar-refractivity contribution in [1.29, 1.82) is 0 Å². The van der Waals surface area contributed by atoms with Crippen LogP contribution in [0.4, 0.5) is 0 Å². The summed E-state index contributed by atoms with van der Waals surface area (Å²) in [5.41, 5.74) is -0.220. The first-order valence-corrected chi connectivity index (χ1v) is 8.47. The van der Waals surface area contributed by atoms with Gasteiger partial charge in [0.15, 0.2) is 5.60 Å². The molecule has 0 unspecified atom stereocenters. The summed E-state index contributed by atoms with van der Waals surface area (Å²) in [4.78, 5) is 13.0. The van der Waals surface area contributed by atoms with E-state index in [4.69, 9.17) is 4.74 Å². The van der Waals surface area contributed by atoms with Gasteiger partial charge in [0.1, 0.15) is 0 Å². The van der Waals surface area contributed by atoms with Crippen molar-refractivity contribution in [2.75, 3.05) is 6.61 Å². The molecule has 112 valence electrons. The van der Waals surface area contributed by atoms with E-state index in [2.05, 4.69) is 19.2 Å². The van der Waals surface area contributed by atoms with Gasteiger partial charge in [-0.05, 0) is 38.0 Å². The van der Waals surface area contributed by atoms with Crippen LogP contribution in [0.3, 0.4) is 0 Å². The smallest absolute Gasteiger partial charge is 0.253 e. The number of hydrogen-bond donors (Lipinski definition) is 1. The Morgan fingerprint density at radius 2 is 1.90 bits per heavy atom. The van der Waals surface area contributed by atoms with Gasteiger partial charge in [0, 0.05) is 16.9 Å². The molecule has 3 nitrogen and oxygen atoms in total. The molecule has 4 rings (SSSR count). The first-order valence-electron chi connectivity index (χ1n) is 8.47. The third kappa shape index (κ3) is 1.33. The van der Waals surface area contributed by atoms with Crippen molar-refractivity contribution in [1.82, 2.24) is 5.32 Å². The summed E-state index contributed by atoms with van der Waals surface area (Å²) in [5.74, 6) is 0.899. The summed E-state index contributed by atoms with van der Waals surface area (Å²) in [6.07, 6.45) is 9.55. The van der Waals surface area contributed by atoms with E-state index >= 15 is 0 Å². The maximum Gasteiger partial charge on any atom is 0.253 e. The summed E-state index contributed by atoms with van der Waals surface area (Å²) < 4.78 is 6.17. The van der Waals surface area contributed by atoms with E-state index < -0.39 is 5.60 Å². The highest BCUT2D eigenvalue weighted by Crippen LogP contribution is 2.75. The Bertz CT molecular complexity index is 444. The first kappa shape index (κ1) is 13.1. The third-order valence-electron chi connectivity index (χ3n) is 7.51. The standard InChI is InChI=1S/C17H27NO2/c1-15-11-20-17(10-12(15)8-9-16(15,17)2)14(19)18-13-6-4-3-5-7-13/h12-13H,3-11H2,1-2H3,(H,18,19)/t12-,15+,16+,17-/m1/s1. The van der Waals surface area contributed by atoms with Crippen molar-refractivity contribution in [3.8, 4) is 0 Å². The molecule has 3 heteroatoms. The Kier molecular flexibility index (Phi) is 2.62. The molecule has 0 spiro atoms. The lowest BCUT2D eigenvalue weighted by atomic mass is 9.66. The van der Waals surface area contributed by atoms with Crippen LogP contribution in [0.15, 0.2) is 0 Å². The minimum atomic E-state index is -0.512. The summed E-state index contributed by atoms with van der Waals surface area (Å²) in [7, 11) is 0. The second-order valence-electron chi connectivity index (χ2n) is 8.11. The predicted molar refractivity (Wildman–Crippen MR) is 77.3 cm³/mol. The molecule has 1 saturated heterocycles. The maximum absolute atomic E-state index is 13.0. The van der Waals surface area contributed by atoms with Crippen LogP contribution in [0.5, 0.6) is 0 Å². The number of ether oxygens (including phenoxy) is 1. The van der Waals surface area contributed by atoms with Crippen molar-refractivity contribution in [3.05, 3.63) is 0 Å². The van der Waals surface area contributed by atoms with Crippen molar-refractivity contribution in [2.45, 2.75) is 76.9 Å². The molecule has 4 atom stereocenters. The van der Waals surface area contributed by atoms with Crippen LogP contribution < -0.4 is 5.32 Å². The highest BCUT2D eigenvalue weighted by Gasteiger charge is 2.78. The third-order valence-corrected chi connectivity index (χ3v) is 7.51. The highest BCUT2D eigenvalue weighted by molar-refractivity contribution is 5.88. The fraction of sp³-hybridized carbons (Fsp3) is 0.941. The van der Waals surface area contributed by atoms with Crippen molar-refractivity contribution >= 4 is 5.91 Å². The molecule has 3 aliphatic carbocycles. The quantitative estimate of drug-likeness (QED) is 0.842. The Morgan fingerprint density at radius 3 is 2.55 bits per heavy atom. The molecule has 0 aromatic heterocycles. The van der Waals surface area contributed by atoms with Crippen LogP contribution in [0, 0.1) is 16.7 Å². The minimum absolute atomic E-state index is 0.0589. The molecular weight excluding hydrogens is 250 g/mol. The number of amides is 1. The van der Waals surface area contributed by atoms with Gasteiger partial charge in [0.05, 0.1) is 6.61 Å². The van der Waals surface area contributed by atoms with Crippen LogP contribution in [0.2, 0.25) is 0 Å². The molecule has 1 amide bonds. The van der Waals surface area contributed by atoms with Crippen LogP contribution in [0.25, 0.3) is 0 Å². The predicted octanol–water partition coefficient (Wildman–Crippen LogP) is 3.03. The van der Waals surface area contributed by atoms with E-state index in [-0.39, 0.29) is 16.7 Å². The van der Waals surface area contributed by atoms with E-state index in [1.807, 2.05) is 0 Å². The van der Waals surface area contributed by atoms with Crippen molar-refractivity contribution in [3.63, 3.8) is 0 Å². The van der Waals surface area contributed by atoms with Gasteiger partial charge in [0.25, 0.3) is 5.91 Å². The van der Waals surface area contributed by atoms with Crippen molar-refractivity contribution < 1.29 is 9.53 Å². The molecule has 0 radical (unpaired) electrons. The van der Waals surface area contributed by atoms with Gasteiger partial charge in [-0.3, -0.25) is 4.79 Å². The van der Waals surface area contributed by atoms with Gasteiger partial charge in [-0.15, -0.1) is 0 Å². The summed E-state index contributed by atoms with van der Waals surface area (Å²) >= 11 is 0. The largest absolute Gasteiger partial charge is 0.364 e. The van der Waals surface area contributed by atoms with E-state index in [1.54, 1.807) is 0 Å². The lowest BCUT2D eigenvalue weighted by molar-refractivity contribution is -0.156. The summed E-state index contributed by atoms with van der Waals surface area (Å²) in [5, 5.41) is 3.34. The van der Waals surface area contributed by atoms with E-state index in [1.165, 1.54) is 25.7 Å². The zero-order valence-corrected chi connectivity index (χ0v) is 12.8. The lowest BCUT2D eigenvalue weighted by Gasteiger charge is -2.41. The average molecular weight is 277 g/mol. The number of nitrogens with one attached hydrogen (secondary N) is 1. The second-order valence-corrected chi connectivity index (χ2v) is 8.11. The van der Waals surface area contributed by atoms with Gasteiger partial charge in [-0.1, -0.05) is 33.1 Å². The highest BCUT2D eigenvalue weighted by atomic mass is 16.5. The number of carbonyl (C=O) groups is 1. The van der Waals surface area contributed by atoms with Crippen LogP contribution in [-0.4, -0.2) is 24.2 Å². The van der Waals surface area contributed by atoms with Gasteiger partial charge in [-0.2, -0.15) is 0 Å². The molecule has 4 aliphatic rings. The molecule has 0 aromatic rings. The lowest BCUT2D eigenvalue weighted by Crippen LogP contribution is -2.57. The molecule has 1 aliphatic heterocycles. The van der Waals surface area contributed by atoms with Gasteiger partial charge in [0.2, 0.25) is 0 Å². The molecule has 4 bridgehead atoms. The molecule has 3 saturated carbocycles. The van der Waals surface area contributed by atoms with E-state index in [0.717, 1.165) is 32.3 Å². The van der Waals surface area contributed by atoms with Crippen LogP contribution in [-0.2, 0) is 9.53 Å². The summed E-state index contributed by atoms with van der Waals surface area (Å²) in [6, 6.07) is 0.392. The number of rotatable bonds is 2. The Balaban J connectivity index is 1.57. The van der Waals surface area contributed by atoms with Crippen LogP contribution >= 0.6 is 0 Å². The molecule has 20 heavy (non-hydrogen) atoms. The molecular formula is C17H27NO2. The fourth-order valence-electron chi connectivity index (χ4n) is 5.81. The Labute approximate surface area is 121 Å². The number of carbonyl (C=O) groups excluding carboxylic acids is 1. The molecule has 4 fully saturated rings. The number of hydrogen-bond acceptors (Lipinski definition) is 2. The SMILES string of the molecule is C[C@@]12CC[C@@H]3C[C@]1(C(=O)NC1CCCCC1)OC[C@@]32C. The zero-order chi connectivity index (χ0) is 14.0. The fourth-order valence-corrected chi connectivity index (χ4v) is 5.81. The van der Waals surface area contributed by atoms with Gasteiger partial charge in [-0.25, -0.2) is 0 Å². The normalized spacial score (nSPS) is 50.6. The zero-order valence-electron chi connectivity index (χ0n) is 12.8. The average Bonchev–Trinajstić information content (AvgIpc) is 2.92. The van der Waals surface area contributed by atoms with Gasteiger partial charge >= 0.3 is 0 Å². The second kappa shape index (κ2) is 4.00. The topological polar surface area (TPSA) is 38.3 Å². The summed E-state index contributed by atoms with van der Waals surface area (Å²) in [6.45, 7) is 5.45. The van der Waals surface area contributed by atoms with Gasteiger partial charge < -0.3 is 10.1 Å². The molecule has 1 N–H and O–H groups in total. The Morgan fingerprint density at radius 1 is 1.15 bits per heavy atom.